The summed E-state index contributed by atoms with van der Waals surface area (Å²) >= 11 is 7.44. The Kier molecular flexibility index (Phi) is 5.82. The van der Waals surface area contributed by atoms with Crippen LogP contribution in [0.15, 0.2) is 74.7 Å². The third-order valence-electron chi connectivity index (χ3n) is 2.77. The van der Waals surface area contributed by atoms with Crippen molar-refractivity contribution in [1.29, 1.82) is 10.5 Å². The van der Waals surface area contributed by atoms with Crippen LogP contribution in [0.5, 0.6) is 0 Å². The Morgan fingerprint density at radius 2 is 1.78 bits per heavy atom. The molecule has 23 heavy (non-hydrogen) atoms. The zero-order chi connectivity index (χ0) is 16.7. The molecule has 4 nitrogen and oxygen atoms in total. The summed E-state index contributed by atoms with van der Waals surface area (Å²) < 4.78 is 0. The lowest BCUT2D eigenvalue weighted by molar-refractivity contribution is 1.27. The van der Waals surface area contributed by atoms with Gasteiger partial charge in [0, 0.05) is 26.6 Å². The van der Waals surface area contributed by atoms with E-state index in [1.165, 1.54) is 6.21 Å². The molecule has 0 aliphatic rings. The van der Waals surface area contributed by atoms with E-state index in [9.17, 15) is 0 Å². The zero-order valence-corrected chi connectivity index (χ0v) is 13.5. The summed E-state index contributed by atoms with van der Waals surface area (Å²) in [4.78, 5) is 6.01. The van der Waals surface area contributed by atoms with E-state index in [2.05, 4.69) is 4.99 Å². The maximum absolute atomic E-state index is 8.97. The zero-order valence-electron chi connectivity index (χ0n) is 11.9. The van der Waals surface area contributed by atoms with Gasteiger partial charge in [0.25, 0.3) is 0 Å². The van der Waals surface area contributed by atoms with Crippen molar-refractivity contribution in [3.05, 3.63) is 70.5 Å². The molecule has 2 N–H and O–H groups in total. The molecule has 0 aliphatic heterocycles. The fraction of sp³-hybridized carbons (Fsp3) is 0. The molecule has 0 atom stereocenters. The van der Waals surface area contributed by atoms with E-state index in [0.717, 1.165) is 15.4 Å². The first-order chi connectivity index (χ1) is 11.1. The molecule has 0 saturated carbocycles. The van der Waals surface area contributed by atoms with Gasteiger partial charge in [-0.1, -0.05) is 41.6 Å². The summed E-state index contributed by atoms with van der Waals surface area (Å²) in [5.41, 5.74) is 5.96. The van der Waals surface area contributed by atoms with E-state index >= 15 is 0 Å². The highest BCUT2D eigenvalue weighted by atomic mass is 35.5. The Hall–Kier alpha value is -2.73. The predicted molar refractivity (Wildman–Crippen MR) is 92.1 cm³/mol. The lowest BCUT2D eigenvalue weighted by atomic mass is 10.2. The van der Waals surface area contributed by atoms with E-state index in [1.54, 1.807) is 17.8 Å². The number of nitrogens with two attached hydrogens (primary N) is 1. The molecule has 0 spiro atoms. The van der Waals surface area contributed by atoms with Gasteiger partial charge in [-0.25, -0.2) is 4.99 Å². The van der Waals surface area contributed by atoms with Gasteiger partial charge in [0.15, 0.2) is 5.70 Å². The molecule has 2 aromatic carbocycles. The minimum atomic E-state index is -0.202. The van der Waals surface area contributed by atoms with Gasteiger partial charge in [-0.15, -0.1) is 0 Å². The summed E-state index contributed by atoms with van der Waals surface area (Å²) in [6.07, 6.45) is 1.53. The van der Waals surface area contributed by atoms with Crippen LogP contribution in [0.3, 0.4) is 0 Å². The van der Waals surface area contributed by atoms with Gasteiger partial charge in [-0.3, -0.25) is 0 Å². The van der Waals surface area contributed by atoms with E-state index in [-0.39, 0.29) is 11.4 Å². The van der Waals surface area contributed by atoms with Crippen LogP contribution in [0.25, 0.3) is 0 Å². The lowest BCUT2D eigenvalue weighted by Crippen LogP contribution is -1.97. The van der Waals surface area contributed by atoms with Crippen LogP contribution < -0.4 is 5.73 Å². The van der Waals surface area contributed by atoms with Crippen LogP contribution >= 0.6 is 23.4 Å². The molecule has 0 radical (unpaired) electrons. The van der Waals surface area contributed by atoms with Gasteiger partial charge in [0.1, 0.15) is 17.8 Å². The Labute approximate surface area is 143 Å². The quantitative estimate of drug-likeness (QED) is 0.670. The van der Waals surface area contributed by atoms with E-state index < -0.39 is 0 Å². The van der Waals surface area contributed by atoms with Crippen LogP contribution in [0, 0.1) is 22.7 Å². The SMILES string of the molecule is N#CC(N)=C(C#N)N=Cc1ccccc1Sc1ccc(Cl)cc1. The molecule has 0 unspecified atom stereocenters. The van der Waals surface area contributed by atoms with Gasteiger partial charge in [0.05, 0.1) is 0 Å². The number of allylic oxidation sites excluding steroid dienone is 2. The number of hydrogen-bond donors (Lipinski definition) is 1. The molecule has 6 heteroatoms. The topological polar surface area (TPSA) is 86.0 Å². The number of nitriles is 2. The average molecular weight is 339 g/mol. The number of halogens is 1. The third kappa shape index (κ3) is 4.62. The van der Waals surface area contributed by atoms with Crippen LogP contribution in [-0.2, 0) is 0 Å². The summed E-state index contributed by atoms with van der Waals surface area (Å²) in [6.45, 7) is 0. The first-order valence-corrected chi connectivity index (χ1v) is 7.70. The average Bonchev–Trinajstić information content (AvgIpc) is 2.58. The van der Waals surface area contributed by atoms with Crippen molar-refractivity contribution in [3.8, 4) is 12.1 Å². The largest absolute Gasteiger partial charge is 0.388 e. The van der Waals surface area contributed by atoms with Crippen molar-refractivity contribution in [2.45, 2.75) is 9.79 Å². The highest BCUT2D eigenvalue weighted by Gasteiger charge is 2.04. The van der Waals surface area contributed by atoms with Crippen molar-refractivity contribution in [2.24, 2.45) is 10.7 Å². The maximum Gasteiger partial charge on any atom is 0.174 e. The monoisotopic (exact) mass is 338 g/mol. The number of aliphatic imine (C=N–C) groups is 1. The van der Waals surface area contributed by atoms with Crippen LogP contribution in [0.2, 0.25) is 5.02 Å². The van der Waals surface area contributed by atoms with E-state index in [4.69, 9.17) is 27.9 Å². The normalized spacial score (nSPS) is 11.6. The Balaban J connectivity index is 2.30. The molecular formula is C17H11ClN4S. The van der Waals surface area contributed by atoms with Gasteiger partial charge >= 0.3 is 0 Å². The van der Waals surface area contributed by atoms with Crippen molar-refractivity contribution >= 4 is 29.6 Å². The lowest BCUT2D eigenvalue weighted by Gasteiger charge is -2.05. The van der Waals surface area contributed by atoms with Gasteiger partial charge in [0.2, 0.25) is 0 Å². The van der Waals surface area contributed by atoms with Crippen LogP contribution in [0.4, 0.5) is 0 Å². The minimum absolute atomic E-state index is 0.0983. The Bertz CT molecular complexity index is 842. The van der Waals surface area contributed by atoms with Gasteiger partial charge in [-0.05, 0) is 30.3 Å². The maximum atomic E-state index is 8.97. The fourth-order valence-electron chi connectivity index (χ4n) is 1.66. The highest BCUT2D eigenvalue weighted by Crippen LogP contribution is 2.30. The Morgan fingerprint density at radius 3 is 2.43 bits per heavy atom. The van der Waals surface area contributed by atoms with Crippen molar-refractivity contribution < 1.29 is 0 Å². The first kappa shape index (κ1) is 16.6. The first-order valence-electron chi connectivity index (χ1n) is 6.50. The van der Waals surface area contributed by atoms with E-state index in [1.807, 2.05) is 54.6 Å². The molecule has 0 bridgehead atoms. The molecule has 2 aromatic rings. The Morgan fingerprint density at radius 1 is 1.09 bits per heavy atom. The minimum Gasteiger partial charge on any atom is -0.388 e. The van der Waals surface area contributed by atoms with Gasteiger partial charge in [-0.2, -0.15) is 10.5 Å². The van der Waals surface area contributed by atoms with E-state index in [0.29, 0.717) is 5.02 Å². The summed E-state index contributed by atoms with van der Waals surface area (Å²) in [5, 5.41) is 18.4. The number of hydrogen-bond acceptors (Lipinski definition) is 5. The van der Waals surface area contributed by atoms with Crippen LogP contribution in [0.1, 0.15) is 5.56 Å². The second kappa shape index (κ2) is 8.05. The third-order valence-corrected chi connectivity index (χ3v) is 4.13. The molecule has 0 amide bonds. The van der Waals surface area contributed by atoms with Crippen LogP contribution in [-0.4, -0.2) is 6.21 Å². The number of nitrogens with zero attached hydrogens (tertiary/aromatic N) is 3. The smallest absolute Gasteiger partial charge is 0.174 e. The molecule has 0 saturated heterocycles. The van der Waals surface area contributed by atoms with Crippen molar-refractivity contribution in [2.75, 3.05) is 0 Å². The molecule has 0 fully saturated rings. The predicted octanol–water partition coefficient (Wildman–Crippen LogP) is 4.13. The summed E-state index contributed by atoms with van der Waals surface area (Å²) in [5.74, 6) is 0. The molecule has 0 aromatic heterocycles. The summed E-state index contributed by atoms with van der Waals surface area (Å²) in [6, 6.07) is 18.6. The molecule has 0 heterocycles. The van der Waals surface area contributed by atoms with Crippen molar-refractivity contribution in [3.63, 3.8) is 0 Å². The fourth-order valence-corrected chi connectivity index (χ4v) is 2.69. The summed E-state index contributed by atoms with van der Waals surface area (Å²) in [7, 11) is 0. The molecular weight excluding hydrogens is 328 g/mol. The molecule has 112 valence electrons. The second-order valence-electron chi connectivity index (χ2n) is 4.34. The van der Waals surface area contributed by atoms with Gasteiger partial charge < -0.3 is 5.73 Å². The van der Waals surface area contributed by atoms with Crippen molar-refractivity contribution in [1.82, 2.24) is 0 Å². The number of benzene rings is 2. The standard InChI is InChI=1S/C17H11ClN4S/c18-13-5-7-14(8-6-13)23-17-4-2-1-3-12(17)11-22-16(10-20)15(21)9-19/h1-8,11H,21H2. The highest BCUT2D eigenvalue weighted by molar-refractivity contribution is 7.99. The molecule has 0 aliphatic carbocycles. The second-order valence-corrected chi connectivity index (χ2v) is 5.89. The number of rotatable bonds is 4. The molecule has 2 rings (SSSR count).